The van der Waals surface area contributed by atoms with Crippen LogP contribution in [0.4, 0.5) is 0 Å². The second-order valence-corrected chi connectivity index (χ2v) is 6.10. The number of carbonyl (C=O) groups is 1. The van der Waals surface area contributed by atoms with Crippen LogP contribution in [0.5, 0.6) is 0 Å². The first-order valence-corrected chi connectivity index (χ1v) is 7.70. The minimum absolute atomic E-state index is 0.382. The Morgan fingerprint density at radius 1 is 1.39 bits per heavy atom. The Kier molecular flexibility index (Phi) is 4.66. The van der Waals surface area contributed by atoms with E-state index in [1.165, 1.54) is 32.1 Å². The molecule has 2 rings (SSSR count). The lowest BCUT2D eigenvalue weighted by Gasteiger charge is -2.26. The van der Waals surface area contributed by atoms with E-state index in [1.54, 1.807) is 0 Å². The van der Waals surface area contributed by atoms with Crippen molar-refractivity contribution in [2.45, 2.75) is 64.8 Å². The molecule has 0 radical (unpaired) electrons. The number of carbonyl (C=O) groups excluding carboxylic acids is 1. The van der Waals surface area contributed by atoms with Crippen LogP contribution in [0.2, 0.25) is 0 Å². The van der Waals surface area contributed by atoms with Gasteiger partial charge in [0.1, 0.15) is 0 Å². The first-order valence-electron chi connectivity index (χ1n) is 7.70. The number of likely N-dealkylation sites (tertiary alicyclic amines) is 1. The fourth-order valence-electron chi connectivity index (χ4n) is 3.43. The van der Waals surface area contributed by atoms with E-state index in [0.29, 0.717) is 17.4 Å². The predicted molar refractivity (Wildman–Crippen MR) is 74.5 cm³/mol. The van der Waals surface area contributed by atoms with Crippen molar-refractivity contribution >= 4 is 5.91 Å². The summed E-state index contributed by atoms with van der Waals surface area (Å²) in [5.74, 6) is 0.382. The molecule has 1 unspecified atom stereocenters. The van der Waals surface area contributed by atoms with Gasteiger partial charge in [0.2, 0.25) is 5.91 Å². The van der Waals surface area contributed by atoms with E-state index < -0.39 is 0 Å². The van der Waals surface area contributed by atoms with Crippen molar-refractivity contribution in [1.29, 1.82) is 0 Å². The molecule has 0 aromatic rings. The normalized spacial score (nSPS) is 26.8. The van der Waals surface area contributed by atoms with Gasteiger partial charge in [0.25, 0.3) is 0 Å². The van der Waals surface area contributed by atoms with Crippen LogP contribution < -0.4 is 5.32 Å². The van der Waals surface area contributed by atoms with Gasteiger partial charge in [0.15, 0.2) is 0 Å². The van der Waals surface area contributed by atoms with Gasteiger partial charge in [-0.05, 0) is 50.5 Å². The maximum atomic E-state index is 12.2. The summed E-state index contributed by atoms with van der Waals surface area (Å²) in [6, 6.07) is 0.596. The molecule has 1 atom stereocenters. The van der Waals surface area contributed by atoms with Gasteiger partial charge in [-0.1, -0.05) is 13.8 Å². The average molecular weight is 252 g/mol. The smallest absolute Gasteiger partial charge is 0.222 e. The van der Waals surface area contributed by atoms with Gasteiger partial charge in [-0.25, -0.2) is 0 Å². The van der Waals surface area contributed by atoms with Crippen LogP contribution in [-0.4, -0.2) is 36.5 Å². The first kappa shape index (κ1) is 13.9. The lowest BCUT2D eigenvalue weighted by Crippen LogP contribution is -2.33. The summed E-state index contributed by atoms with van der Waals surface area (Å²) >= 11 is 0. The molecule has 2 heterocycles. The van der Waals surface area contributed by atoms with Crippen LogP contribution in [0.1, 0.15) is 58.8 Å². The minimum Gasteiger partial charge on any atom is -0.342 e. The molecule has 0 spiro atoms. The second-order valence-electron chi connectivity index (χ2n) is 6.10. The van der Waals surface area contributed by atoms with Crippen LogP contribution in [0, 0.1) is 5.41 Å². The molecular weight excluding hydrogens is 224 g/mol. The maximum absolute atomic E-state index is 12.2. The van der Waals surface area contributed by atoms with Crippen LogP contribution in [0.25, 0.3) is 0 Å². The molecule has 3 heteroatoms. The highest BCUT2D eigenvalue weighted by Gasteiger charge is 2.36. The molecule has 2 fully saturated rings. The molecule has 0 saturated carbocycles. The van der Waals surface area contributed by atoms with E-state index >= 15 is 0 Å². The van der Waals surface area contributed by atoms with Crippen molar-refractivity contribution in [3.8, 4) is 0 Å². The summed E-state index contributed by atoms with van der Waals surface area (Å²) < 4.78 is 0. The Morgan fingerprint density at radius 3 is 2.72 bits per heavy atom. The van der Waals surface area contributed by atoms with Gasteiger partial charge >= 0.3 is 0 Å². The Bertz CT molecular complexity index is 280. The van der Waals surface area contributed by atoms with Crippen LogP contribution in [0.15, 0.2) is 0 Å². The monoisotopic (exact) mass is 252 g/mol. The van der Waals surface area contributed by atoms with Gasteiger partial charge < -0.3 is 10.2 Å². The maximum Gasteiger partial charge on any atom is 0.222 e. The lowest BCUT2D eigenvalue weighted by atomic mass is 9.82. The predicted octanol–water partition coefficient (Wildman–Crippen LogP) is 2.56. The fourth-order valence-corrected chi connectivity index (χ4v) is 3.43. The number of amides is 1. The molecule has 2 aliphatic rings. The quantitative estimate of drug-likeness (QED) is 0.815. The van der Waals surface area contributed by atoms with Gasteiger partial charge in [0, 0.05) is 25.6 Å². The Morgan fingerprint density at radius 2 is 2.17 bits per heavy atom. The summed E-state index contributed by atoms with van der Waals surface area (Å²) in [6.07, 6.45) is 7.91. The summed E-state index contributed by atoms with van der Waals surface area (Å²) in [5.41, 5.74) is 0.418. The molecule has 0 bridgehead atoms. The number of hydrogen-bond acceptors (Lipinski definition) is 2. The zero-order valence-corrected chi connectivity index (χ0v) is 12.0. The highest BCUT2D eigenvalue weighted by molar-refractivity contribution is 5.76. The van der Waals surface area contributed by atoms with Crippen LogP contribution in [-0.2, 0) is 4.79 Å². The summed E-state index contributed by atoms with van der Waals surface area (Å²) in [5, 5.41) is 3.47. The van der Waals surface area contributed by atoms with E-state index in [1.807, 2.05) is 0 Å². The van der Waals surface area contributed by atoms with Crippen molar-refractivity contribution in [3.63, 3.8) is 0 Å². The van der Waals surface area contributed by atoms with E-state index in [0.717, 1.165) is 32.5 Å². The summed E-state index contributed by atoms with van der Waals surface area (Å²) in [7, 11) is 0. The zero-order valence-electron chi connectivity index (χ0n) is 12.0. The molecule has 18 heavy (non-hydrogen) atoms. The Labute approximate surface area is 111 Å². The van der Waals surface area contributed by atoms with Crippen molar-refractivity contribution in [2.75, 3.05) is 19.6 Å². The van der Waals surface area contributed by atoms with Crippen LogP contribution in [0.3, 0.4) is 0 Å². The standard InChI is InChI=1S/C15H28N2O/c1-3-15(4-2)9-11-17(12-15)14(18)8-7-13-6-5-10-16-13/h13,16H,3-12H2,1-2H3. The molecular formula is C15H28N2O. The van der Waals surface area contributed by atoms with Crippen molar-refractivity contribution < 1.29 is 4.79 Å². The van der Waals surface area contributed by atoms with Gasteiger partial charge in [-0.15, -0.1) is 0 Å². The molecule has 0 aromatic heterocycles. The fraction of sp³-hybridized carbons (Fsp3) is 0.933. The Balaban J connectivity index is 1.76. The number of nitrogens with one attached hydrogen (secondary N) is 1. The van der Waals surface area contributed by atoms with E-state index in [9.17, 15) is 4.79 Å². The average Bonchev–Trinajstić information content (AvgIpc) is 3.06. The highest BCUT2D eigenvalue weighted by Crippen LogP contribution is 2.37. The lowest BCUT2D eigenvalue weighted by molar-refractivity contribution is -0.130. The van der Waals surface area contributed by atoms with Gasteiger partial charge in [0.05, 0.1) is 0 Å². The third-order valence-electron chi connectivity index (χ3n) is 5.16. The third kappa shape index (κ3) is 3.05. The molecule has 0 aliphatic carbocycles. The van der Waals surface area contributed by atoms with E-state index in [-0.39, 0.29) is 0 Å². The molecule has 2 aliphatic heterocycles. The number of hydrogen-bond donors (Lipinski definition) is 1. The minimum atomic E-state index is 0.382. The SMILES string of the molecule is CCC1(CC)CCN(C(=O)CCC2CCCN2)C1. The van der Waals surface area contributed by atoms with Crippen LogP contribution >= 0.6 is 0 Å². The zero-order chi connectivity index (χ0) is 13.0. The molecule has 0 aromatic carbocycles. The van der Waals surface area contributed by atoms with Gasteiger partial charge in [-0.2, -0.15) is 0 Å². The van der Waals surface area contributed by atoms with E-state index in [2.05, 4.69) is 24.1 Å². The second kappa shape index (κ2) is 6.05. The summed E-state index contributed by atoms with van der Waals surface area (Å²) in [6.45, 7) is 7.65. The van der Waals surface area contributed by atoms with Crippen molar-refractivity contribution in [3.05, 3.63) is 0 Å². The van der Waals surface area contributed by atoms with Crippen molar-refractivity contribution in [2.24, 2.45) is 5.41 Å². The molecule has 1 N–H and O–H groups in total. The molecule has 104 valence electrons. The Hall–Kier alpha value is -0.570. The third-order valence-corrected chi connectivity index (χ3v) is 5.16. The van der Waals surface area contributed by atoms with E-state index in [4.69, 9.17) is 0 Å². The summed E-state index contributed by atoms with van der Waals surface area (Å²) in [4.78, 5) is 14.3. The molecule has 1 amide bonds. The highest BCUT2D eigenvalue weighted by atomic mass is 16.2. The van der Waals surface area contributed by atoms with Crippen molar-refractivity contribution in [1.82, 2.24) is 10.2 Å². The topological polar surface area (TPSA) is 32.3 Å². The number of nitrogens with zero attached hydrogens (tertiary/aromatic N) is 1. The molecule has 2 saturated heterocycles. The molecule has 3 nitrogen and oxygen atoms in total. The number of rotatable bonds is 5. The van der Waals surface area contributed by atoms with Gasteiger partial charge in [-0.3, -0.25) is 4.79 Å². The largest absolute Gasteiger partial charge is 0.342 e. The first-order chi connectivity index (χ1) is 8.69.